The fraction of sp³-hybridized carbons (Fsp3) is 0.571. The van der Waals surface area contributed by atoms with Crippen molar-refractivity contribution < 1.29 is 5.11 Å². The van der Waals surface area contributed by atoms with E-state index in [1.807, 2.05) is 31.2 Å². The van der Waals surface area contributed by atoms with E-state index in [-0.39, 0.29) is 18.7 Å². The molecule has 2 atom stereocenters. The van der Waals surface area contributed by atoms with Gasteiger partial charge in [0.1, 0.15) is 0 Å². The first kappa shape index (κ1) is 13.8. The Morgan fingerprint density at radius 3 is 2.44 bits per heavy atom. The van der Waals surface area contributed by atoms with Crippen LogP contribution in [0.15, 0.2) is 24.3 Å². The first-order valence-electron chi connectivity index (χ1n) is 6.51. The molecule has 1 fully saturated rings. The molecule has 0 amide bonds. The van der Waals surface area contributed by atoms with Crippen LogP contribution in [0.1, 0.15) is 31.4 Å². The van der Waals surface area contributed by atoms with E-state index in [1.165, 1.54) is 18.4 Å². The highest BCUT2D eigenvalue weighted by atomic mass is 35.5. The third-order valence-electron chi connectivity index (χ3n) is 3.44. The largest absolute Gasteiger partial charge is 0.395 e. The van der Waals surface area contributed by atoms with Crippen molar-refractivity contribution in [3.8, 4) is 0 Å². The van der Waals surface area contributed by atoms with Gasteiger partial charge in [0, 0.05) is 29.7 Å². The number of hydrogen-bond donors (Lipinski definition) is 2. The molecule has 2 unspecified atom stereocenters. The van der Waals surface area contributed by atoms with E-state index in [0.29, 0.717) is 12.6 Å². The maximum Gasteiger partial charge on any atom is 0.0558 e. The van der Waals surface area contributed by atoms with E-state index in [4.69, 9.17) is 17.3 Å². The van der Waals surface area contributed by atoms with Crippen molar-refractivity contribution in [3.63, 3.8) is 0 Å². The number of aliphatic hydroxyl groups is 1. The summed E-state index contributed by atoms with van der Waals surface area (Å²) in [7, 11) is 0. The summed E-state index contributed by atoms with van der Waals surface area (Å²) < 4.78 is 0. The molecule has 1 aromatic carbocycles. The van der Waals surface area contributed by atoms with Gasteiger partial charge in [-0.25, -0.2) is 0 Å². The molecule has 0 spiro atoms. The summed E-state index contributed by atoms with van der Waals surface area (Å²) in [5, 5.41) is 9.97. The zero-order valence-corrected chi connectivity index (χ0v) is 11.5. The lowest BCUT2D eigenvalue weighted by atomic mass is 9.99. The molecule has 1 aromatic rings. The van der Waals surface area contributed by atoms with E-state index < -0.39 is 0 Å². The molecule has 0 saturated heterocycles. The van der Waals surface area contributed by atoms with Crippen molar-refractivity contribution in [2.75, 3.05) is 13.2 Å². The van der Waals surface area contributed by atoms with Crippen molar-refractivity contribution >= 4 is 11.6 Å². The predicted octanol–water partition coefficient (Wildman–Crippen LogP) is 2.19. The summed E-state index contributed by atoms with van der Waals surface area (Å²) in [6, 6.07) is 8.61. The van der Waals surface area contributed by atoms with E-state index in [2.05, 4.69) is 4.90 Å². The van der Waals surface area contributed by atoms with Gasteiger partial charge < -0.3 is 10.8 Å². The third-order valence-corrected chi connectivity index (χ3v) is 3.69. The van der Waals surface area contributed by atoms with Crippen LogP contribution in [-0.2, 0) is 0 Å². The van der Waals surface area contributed by atoms with E-state index in [0.717, 1.165) is 5.02 Å². The first-order valence-corrected chi connectivity index (χ1v) is 6.89. The van der Waals surface area contributed by atoms with Gasteiger partial charge in [0.2, 0.25) is 0 Å². The Hall–Kier alpha value is -0.610. The van der Waals surface area contributed by atoms with Crippen LogP contribution in [0.4, 0.5) is 0 Å². The molecule has 0 aromatic heterocycles. The van der Waals surface area contributed by atoms with Crippen LogP contribution in [0, 0.1) is 0 Å². The molecule has 0 radical (unpaired) electrons. The second-order valence-corrected chi connectivity index (χ2v) is 5.48. The molecule has 100 valence electrons. The second-order valence-electron chi connectivity index (χ2n) is 5.05. The van der Waals surface area contributed by atoms with Gasteiger partial charge in [0.25, 0.3) is 0 Å². The smallest absolute Gasteiger partial charge is 0.0558 e. The monoisotopic (exact) mass is 268 g/mol. The number of aliphatic hydroxyl groups excluding tert-OH is 1. The number of rotatable bonds is 6. The van der Waals surface area contributed by atoms with E-state index in [1.54, 1.807) is 0 Å². The lowest BCUT2D eigenvalue weighted by molar-refractivity contribution is 0.129. The number of halogens is 1. The zero-order valence-electron chi connectivity index (χ0n) is 10.7. The van der Waals surface area contributed by atoms with Gasteiger partial charge in [0.15, 0.2) is 0 Å². The van der Waals surface area contributed by atoms with Crippen LogP contribution in [0.2, 0.25) is 5.02 Å². The molecule has 0 aliphatic heterocycles. The Labute approximate surface area is 114 Å². The number of nitrogens with two attached hydrogens (primary N) is 1. The van der Waals surface area contributed by atoms with Crippen LogP contribution < -0.4 is 5.73 Å². The molecular formula is C14H21ClN2O. The SMILES string of the molecule is CC(N)C(c1ccc(Cl)cc1)N(CCO)C1CC1. The second kappa shape index (κ2) is 6.02. The first-order chi connectivity index (χ1) is 8.63. The molecule has 1 saturated carbocycles. The minimum atomic E-state index is 0.0262. The van der Waals surface area contributed by atoms with Crippen molar-refractivity contribution in [2.45, 2.75) is 37.9 Å². The van der Waals surface area contributed by atoms with Gasteiger partial charge in [-0.15, -0.1) is 0 Å². The summed E-state index contributed by atoms with van der Waals surface area (Å²) in [5.74, 6) is 0. The number of benzene rings is 1. The van der Waals surface area contributed by atoms with Crippen LogP contribution in [0.3, 0.4) is 0 Å². The van der Waals surface area contributed by atoms with Crippen LogP contribution in [0.25, 0.3) is 0 Å². The average Bonchev–Trinajstić information content (AvgIpc) is 3.14. The van der Waals surface area contributed by atoms with Crippen molar-refractivity contribution in [2.24, 2.45) is 5.73 Å². The topological polar surface area (TPSA) is 49.5 Å². The molecule has 1 aliphatic rings. The summed E-state index contributed by atoms with van der Waals surface area (Å²) in [6.07, 6.45) is 2.41. The normalized spacial score (nSPS) is 18.9. The average molecular weight is 269 g/mol. The molecule has 3 nitrogen and oxygen atoms in total. The molecule has 4 heteroatoms. The van der Waals surface area contributed by atoms with Gasteiger partial charge in [0.05, 0.1) is 6.61 Å². The van der Waals surface area contributed by atoms with Gasteiger partial charge in [-0.1, -0.05) is 23.7 Å². The van der Waals surface area contributed by atoms with Crippen molar-refractivity contribution in [1.82, 2.24) is 4.90 Å². The van der Waals surface area contributed by atoms with E-state index in [9.17, 15) is 5.11 Å². The standard InChI is InChI=1S/C14H21ClN2O/c1-10(16)14(11-2-4-12(15)5-3-11)17(8-9-18)13-6-7-13/h2-5,10,13-14,18H,6-9,16H2,1H3. The molecule has 0 bridgehead atoms. The molecule has 18 heavy (non-hydrogen) atoms. The van der Waals surface area contributed by atoms with Crippen LogP contribution in [-0.4, -0.2) is 35.2 Å². The molecule has 0 heterocycles. The Balaban J connectivity index is 2.22. The third kappa shape index (κ3) is 3.23. The Bertz CT molecular complexity index is 376. The number of hydrogen-bond acceptors (Lipinski definition) is 3. The highest BCUT2D eigenvalue weighted by Gasteiger charge is 2.35. The van der Waals surface area contributed by atoms with Gasteiger partial charge in [-0.05, 0) is 37.5 Å². The van der Waals surface area contributed by atoms with Crippen LogP contribution >= 0.6 is 11.6 Å². The zero-order chi connectivity index (χ0) is 13.1. The maximum atomic E-state index is 9.23. The molecule has 2 rings (SSSR count). The Morgan fingerprint density at radius 2 is 2.00 bits per heavy atom. The molecule has 3 N–H and O–H groups in total. The Morgan fingerprint density at radius 1 is 1.39 bits per heavy atom. The summed E-state index contributed by atoms with van der Waals surface area (Å²) in [6.45, 7) is 2.87. The van der Waals surface area contributed by atoms with Gasteiger partial charge >= 0.3 is 0 Å². The van der Waals surface area contributed by atoms with Crippen LogP contribution in [0.5, 0.6) is 0 Å². The summed E-state index contributed by atoms with van der Waals surface area (Å²) in [4.78, 5) is 2.33. The van der Waals surface area contributed by atoms with Gasteiger partial charge in [-0.3, -0.25) is 4.90 Å². The fourth-order valence-electron chi connectivity index (χ4n) is 2.53. The highest BCUT2D eigenvalue weighted by Crippen LogP contribution is 2.35. The maximum absolute atomic E-state index is 9.23. The van der Waals surface area contributed by atoms with E-state index >= 15 is 0 Å². The van der Waals surface area contributed by atoms with Crippen molar-refractivity contribution in [1.29, 1.82) is 0 Å². The summed E-state index contributed by atoms with van der Waals surface area (Å²) in [5.41, 5.74) is 7.32. The lowest BCUT2D eigenvalue weighted by Gasteiger charge is -2.34. The van der Waals surface area contributed by atoms with Crippen molar-refractivity contribution in [3.05, 3.63) is 34.9 Å². The highest BCUT2D eigenvalue weighted by molar-refractivity contribution is 6.30. The minimum absolute atomic E-state index is 0.0262. The van der Waals surface area contributed by atoms with Gasteiger partial charge in [-0.2, -0.15) is 0 Å². The number of nitrogens with zero attached hydrogens (tertiary/aromatic N) is 1. The lowest BCUT2D eigenvalue weighted by Crippen LogP contribution is -2.42. The Kier molecular flexibility index (Phi) is 4.62. The molecule has 1 aliphatic carbocycles. The predicted molar refractivity (Wildman–Crippen MR) is 74.7 cm³/mol. The fourth-order valence-corrected chi connectivity index (χ4v) is 2.65. The minimum Gasteiger partial charge on any atom is -0.395 e. The quantitative estimate of drug-likeness (QED) is 0.832. The molecular weight excluding hydrogens is 248 g/mol. The summed E-state index contributed by atoms with van der Waals surface area (Å²) >= 11 is 5.93.